The minimum absolute atomic E-state index is 0.0255. The van der Waals surface area contributed by atoms with Crippen molar-refractivity contribution >= 4 is 6.03 Å². The van der Waals surface area contributed by atoms with E-state index in [1.165, 1.54) is 0 Å². The molecule has 3 atom stereocenters. The molecule has 0 aliphatic carbocycles. The van der Waals surface area contributed by atoms with Gasteiger partial charge in [-0.15, -0.1) is 6.58 Å². The van der Waals surface area contributed by atoms with Gasteiger partial charge in [0.15, 0.2) is 5.82 Å². The Labute approximate surface area is 130 Å². The first-order chi connectivity index (χ1) is 10.6. The quantitative estimate of drug-likeness (QED) is 0.754. The van der Waals surface area contributed by atoms with Gasteiger partial charge < -0.3 is 19.9 Å². The number of carbonyl (C=O) groups is 1. The van der Waals surface area contributed by atoms with Crippen LogP contribution in [0.5, 0.6) is 0 Å². The molecule has 1 aliphatic heterocycles. The average Bonchev–Trinajstić information content (AvgIpc) is 3.13. The standard InChI is InChI=1S/C15H24N4O3/c1-4-6-11(5-2)18-15(20)16-9-12-7-8-13(21-12)14-17-10(3)19-22-14/h4,11-13H,1,5-9H2,2-3H3,(H2,16,18,20)/t11-,12-,13+/m1/s1. The number of carbonyl (C=O) groups excluding carboxylic acids is 1. The maximum Gasteiger partial charge on any atom is 0.315 e. The molecular weight excluding hydrogens is 284 g/mol. The summed E-state index contributed by atoms with van der Waals surface area (Å²) >= 11 is 0. The molecular formula is C15H24N4O3. The normalized spacial score (nSPS) is 22.3. The molecule has 1 fully saturated rings. The first kappa shape index (κ1) is 16.5. The first-order valence-electron chi connectivity index (χ1n) is 7.73. The van der Waals surface area contributed by atoms with Crippen LogP contribution in [-0.2, 0) is 4.74 Å². The summed E-state index contributed by atoms with van der Waals surface area (Å²) in [6, 6.07) is -0.0505. The van der Waals surface area contributed by atoms with E-state index in [-0.39, 0.29) is 24.3 Å². The molecule has 0 spiro atoms. The number of hydrogen-bond donors (Lipinski definition) is 2. The summed E-state index contributed by atoms with van der Waals surface area (Å²) in [5, 5.41) is 9.54. The number of aromatic nitrogens is 2. The van der Waals surface area contributed by atoms with Gasteiger partial charge in [-0.1, -0.05) is 18.2 Å². The Hall–Kier alpha value is -1.89. The fourth-order valence-electron chi connectivity index (χ4n) is 2.45. The lowest BCUT2D eigenvalue weighted by Gasteiger charge is -2.17. The largest absolute Gasteiger partial charge is 0.363 e. The summed E-state index contributed by atoms with van der Waals surface area (Å²) in [6.07, 6.45) is 4.94. The van der Waals surface area contributed by atoms with Gasteiger partial charge in [0.05, 0.1) is 6.10 Å². The van der Waals surface area contributed by atoms with Gasteiger partial charge in [-0.3, -0.25) is 0 Å². The monoisotopic (exact) mass is 308 g/mol. The third kappa shape index (κ3) is 4.56. The fraction of sp³-hybridized carbons (Fsp3) is 0.667. The van der Waals surface area contributed by atoms with Crippen molar-refractivity contribution in [2.75, 3.05) is 6.54 Å². The summed E-state index contributed by atoms with van der Waals surface area (Å²) < 4.78 is 11.0. The van der Waals surface area contributed by atoms with Crippen LogP contribution in [0.2, 0.25) is 0 Å². The first-order valence-corrected chi connectivity index (χ1v) is 7.73. The van der Waals surface area contributed by atoms with Crippen LogP contribution >= 0.6 is 0 Å². The van der Waals surface area contributed by atoms with Crippen LogP contribution < -0.4 is 10.6 Å². The second-order valence-corrected chi connectivity index (χ2v) is 5.49. The highest BCUT2D eigenvalue weighted by Crippen LogP contribution is 2.31. The van der Waals surface area contributed by atoms with Crippen molar-refractivity contribution in [1.82, 2.24) is 20.8 Å². The number of nitrogens with zero attached hydrogens (tertiary/aromatic N) is 2. The molecule has 2 amide bonds. The SMILES string of the molecule is C=CC[C@@H](CC)NC(=O)NC[C@H]1CC[C@@H](c2nc(C)no2)O1. The molecule has 1 saturated heterocycles. The lowest BCUT2D eigenvalue weighted by atomic mass is 10.1. The van der Waals surface area contributed by atoms with Crippen molar-refractivity contribution in [3.8, 4) is 0 Å². The van der Waals surface area contributed by atoms with E-state index in [0.29, 0.717) is 18.3 Å². The molecule has 0 aromatic carbocycles. The van der Waals surface area contributed by atoms with Crippen LogP contribution in [0, 0.1) is 6.92 Å². The average molecular weight is 308 g/mol. The van der Waals surface area contributed by atoms with Gasteiger partial charge in [-0.05, 0) is 32.6 Å². The zero-order valence-electron chi connectivity index (χ0n) is 13.2. The highest BCUT2D eigenvalue weighted by atomic mass is 16.5. The second-order valence-electron chi connectivity index (χ2n) is 5.49. The molecule has 0 radical (unpaired) electrons. The Morgan fingerprint density at radius 2 is 2.36 bits per heavy atom. The minimum Gasteiger partial charge on any atom is -0.363 e. The van der Waals surface area contributed by atoms with E-state index in [4.69, 9.17) is 9.26 Å². The number of amides is 2. The number of hydrogen-bond acceptors (Lipinski definition) is 5. The molecule has 7 heteroatoms. The smallest absolute Gasteiger partial charge is 0.315 e. The maximum absolute atomic E-state index is 11.8. The van der Waals surface area contributed by atoms with Crippen LogP contribution in [0.4, 0.5) is 4.79 Å². The zero-order chi connectivity index (χ0) is 15.9. The zero-order valence-corrected chi connectivity index (χ0v) is 13.2. The number of urea groups is 1. The molecule has 0 saturated carbocycles. The maximum atomic E-state index is 11.8. The van der Waals surface area contributed by atoms with Crippen LogP contribution in [0.25, 0.3) is 0 Å². The van der Waals surface area contributed by atoms with Gasteiger partial charge in [-0.2, -0.15) is 4.98 Å². The van der Waals surface area contributed by atoms with Crippen LogP contribution in [0.1, 0.15) is 50.4 Å². The van der Waals surface area contributed by atoms with Gasteiger partial charge in [-0.25, -0.2) is 4.79 Å². The fourth-order valence-corrected chi connectivity index (χ4v) is 2.45. The molecule has 0 unspecified atom stereocenters. The molecule has 22 heavy (non-hydrogen) atoms. The van der Waals surface area contributed by atoms with Gasteiger partial charge >= 0.3 is 6.03 Å². The molecule has 0 bridgehead atoms. The van der Waals surface area contributed by atoms with Crippen molar-refractivity contribution in [3.63, 3.8) is 0 Å². The number of nitrogens with one attached hydrogen (secondary N) is 2. The van der Waals surface area contributed by atoms with Crippen LogP contribution in [-0.4, -0.2) is 34.9 Å². The minimum atomic E-state index is -0.172. The van der Waals surface area contributed by atoms with Gasteiger partial charge in [0.25, 0.3) is 5.89 Å². The molecule has 1 aromatic rings. The van der Waals surface area contributed by atoms with E-state index in [9.17, 15) is 4.79 Å². The van der Waals surface area contributed by atoms with Crippen molar-refractivity contribution in [3.05, 3.63) is 24.4 Å². The number of rotatable bonds is 7. The predicted molar refractivity (Wildman–Crippen MR) is 81.3 cm³/mol. The van der Waals surface area contributed by atoms with E-state index in [0.717, 1.165) is 25.7 Å². The Bertz CT molecular complexity index is 503. The summed E-state index contributed by atoms with van der Waals surface area (Å²) in [7, 11) is 0. The molecule has 122 valence electrons. The van der Waals surface area contributed by atoms with E-state index >= 15 is 0 Å². The van der Waals surface area contributed by atoms with Gasteiger partial charge in [0.2, 0.25) is 0 Å². The van der Waals surface area contributed by atoms with E-state index in [2.05, 4.69) is 27.4 Å². The highest BCUT2D eigenvalue weighted by Gasteiger charge is 2.30. The summed E-state index contributed by atoms with van der Waals surface area (Å²) in [6.45, 7) is 7.97. The Balaban J connectivity index is 1.71. The summed E-state index contributed by atoms with van der Waals surface area (Å²) in [4.78, 5) is 16.0. The van der Waals surface area contributed by atoms with E-state index in [1.807, 2.05) is 13.0 Å². The lowest BCUT2D eigenvalue weighted by molar-refractivity contribution is 0.0277. The van der Waals surface area contributed by atoms with Crippen molar-refractivity contribution in [2.24, 2.45) is 0 Å². The third-order valence-corrected chi connectivity index (χ3v) is 3.70. The Morgan fingerprint density at radius 3 is 3.00 bits per heavy atom. The van der Waals surface area contributed by atoms with Crippen molar-refractivity contribution in [2.45, 2.75) is 57.8 Å². The predicted octanol–water partition coefficient (Wildman–Crippen LogP) is 2.25. The highest BCUT2D eigenvalue weighted by molar-refractivity contribution is 5.74. The summed E-state index contributed by atoms with van der Waals surface area (Å²) in [5.74, 6) is 1.12. The van der Waals surface area contributed by atoms with E-state index < -0.39 is 0 Å². The third-order valence-electron chi connectivity index (χ3n) is 3.70. The molecule has 2 heterocycles. The van der Waals surface area contributed by atoms with Crippen molar-refractivity contribution < 1.29 is 14.1 Å². The molecule has 2 N–H and O–H groups in total. The topological polar surface area (TPSA) is 89.3 Å². The molecule has 7 nitrogen and oxygen atoms in total. The van der Waals surface area contributed by atoms with Crippen LogP contribution in [0.15, 0.2) is 17.2 Å². The number of ether oxygens (including phenoxy) is 1. The molecule has 1 aromatic heterocycles. The summed E-state index contributed by atoms with van der Waals surface area (Å²) in [5.41, 5.74) is 0. The lowest BCUT2D eigenvalue weighted by Crippen LogP contribution is -2.44. The second kappa shape index (κ2) is 7.93. The molecule has 1 aliphatic rings. The molecule has 2 rings (SSSR count). The van der Waals surface area contributed by atoms with E-state index in [1.54, 1.807) is 6.92 Å². The Kier molecular flexibility index (Phi) is 5.94. The van der Waals surface area contributed by atoms with Gasteiger partial charge in [0, 0.05) is 12.6 Å². The van der Waals surface area contributed by atoms with Crippen LogP contribution in [0.3, 0.4) is 0 Å². The van der Waals surface area contributed by atoms with Gasteiger partial charge in [0.1, 0.15) is 6.10 Å². The van der Waals surface area contributed by atoms with Crippen molar-refractivity contribution in [1.29, 1.82) is 0 Å². The Morgan fingerprint density at radius 1 is 1.55 bits per heavy atom. The number of aryl methyl sites for hydroxylation is 1.